The Morgan fingerprint density at radius 2 is 1.63 bits per heavy atom. The fourth-order valence-corrected chi connectivity index (χ4v) is 2.26. The maximum Gasteiger partial charge on any atom is 0.161 e. The summed E-state index contributed by atoms with van der Waals surface area (Å²) in [6, 6.07) is 14.4. The van der Waals surface area contributed by atoms with Gasteiger partial charge in [0.2, 0.25) is 0 Å². The van der Waals surface area contributed by atoms with Crippen molar-refractivity contribution in [1.29, 1.82) is 0 Å². The standard InChI is InChI=1S/C16H17IO2/c1-3-12-4-6-13(7-5-12)11-19-15-9-8-14(17)10-16(15)18-2/h4-10H,3,11H2,1-2H3. The molecule has 0 fully saturated rings. The molecule has 0 unspecified atom stereocenters. The lowest BCUT2D eigenvalue weighted by atomic mass is 10.1. The van der Waals surface area contributed by atoms with E-state index in [2.05, 4.69) is 53.8 Å². The summed E-state index contributed by atoms with van der Waals surface area (Å²) in [7, 11) is 1.66. The number of rotatable bonds is 5. The summed E-state index contributed by atoms with van der Waals surface area (Å²) in [6.45, 7) is 2.71. The van der Waals surface area contributed by atoms with Crippen molar-refractivity contribution in [3.8, 4) is 11.5 Å². The number of aryl methyl sites for hydroxylation is 1. The number of halogens is 1. The van der Waals surface area contributed by atoms with E-state index in [-0.39, 0.29) is 0 Å². The van der Waals surface area contributed by atoms with E-state index in [1.807, 2.05) is 18.2 Å². The van der Waals surface area contributed by atoms with Crippen molar-refractivity contribution < 1.29 is 9.47 Å². The van der Waals surface area contributed by atoms with Gasteiger partial charge in [0.15, 0.2) is 11.5 Å². The molecule has 0 amide bonds. The molecule has 2 aromatic rings. The smallest absolute Gasteiger partial charge is 0.161 e. The van der Waals surface area contributed by atoms with E-state index >= 15 is 0 Å². The summed E-state index contributed by atoms with van der Waals surface area (Å²) in [5.74, 6) is 1.56. The van der Waals surface area contributed by atoms with Gasteiger partial charge in [0.1, 0.15) is 6.61 Å². The Balaban J connectivity index is 2.05. The van der Waals surface area contributed by atoms with Gasteiger partial charge in [-0.2, -0.15) is 0 Å². The minimum absolute atomic E-state index is 0.556. The van der Waals surface area contributed by atoms with Gasteiger partial charge in [-0.25, -0.2) is 0 Å². The number of hydrogen-bond acceptors (Lipinski definition) is 2. The predicted octanol–water partition coefficient (Wildman–Crippen LogP) is 4.44. The van der Waals surface area contributed by atoms with Crippen LogP contribution in [0.2, 0.25) is 0 Å². The average molecular weight is 368 g/mol. The van der Waals surface area contributed by atoms with Crippen molar-refractivity contribution in [3.05, 3.63) is 57.2 Å². The van der Waals surface area contributed by atoms with Crippen LogP contribution in [0.25, 0.3) is 0 Å². The quantitative estimate of drug-likeness (QED) is 0.727. The molecule has 0 N–H and O–H groups in total. The van der Waals surface area contributed by atoms with E-state index in [4.69, 9.17) is 9.47 Å². The third kappa shape index (κ3) is 3.86. The minimum Gasteiger partial charge on any atom is -0.493 e. The molecule has 0 aliphatic heterocycles. The predicted molar refractivity (Wildman–Crippen MR) is 85.9 cm³/mol. The number of benzene rings is 2. The maximum absolute atomic E-state index is 5.81. The maximum atomic E-state index is 5.81. The third-order valence-corrected chi connectivity index (χ3v) is 3.62. The third-order valence-electron chi connectivity index (χ3n) is 2.95. The lowest BCUT2D eigenvalue weighted by Gasteiger charge is -2.11. The summed E-state index contributed by atoms with van der Waals surface area (Å²) in [5, 5.41) is 0. The molecule has 100 valence electrons. The molecule has 0 heterocycles. The number of ether oxygens (including phenoxy) is 2. The van der Waals surface area contributed by atoms with E-state index in [0.717, 1.165) is 27.1 Å². The molecule has 0 saturated heterocycles. The summed E-state index contributed by atoms with van der Waals surface area (Å²) < 4.78 is 12.3. The highest BCUT2D eigenvalue weighted by atomic mass is 127. The molecular weight excluding hydrogens is 351 g/mol. The lowest BCUT2D eigenvalue weighted by Crippen LogP contribution is -1.98. The van der Waals surface area contributed by atoms with Crippen molar-refractivity contribution in [2.75, 3.05) is 7.11 Å². The molecule has 0 radical (unpaired) electrons. The minimum atomic E-state index is 0.556. The highest BCUT2D eigenvalue weighted by Gasteiger charge is 2.05. The van der Waals surface area contributed by atoms with Gasteiger partial charge in [0.25, 0.3) is 0 Å². The lowest BCUT2D eigenvalue weighted by molar-refractivity contribution is 0.284. The highest BCUT2D eigenvalue weighted by Crippen LogP contribution is 2.29. The molecular formula is C16H17IO2. The zero-order valence-corrected chi connectivity index (χ0v) is 13.3. The van der Waals surface area contributed by atoms with Gasteiger partial charge >= 0.3 is 0 Å². The van der Waals surface area contributed by atoms with Crippen LogP contribution < -0.4 is 9.47 Å². The Labute approximate surface area is 127 Å². The van der Waals surface area contributed by atoms with Gasteiger partial charge in [-0.1, -0.05) is 31.2 Å². The second kappa shape index (κ2) is 6.80. The summed E-state index contributed by atoms with van der Waals surface area (Å²) in [6.07, 6.45) is 1.06. The van der Waals surface area contributed by atoms with Gasteiger partial charge in [-0.3, -0.25) is 0 Å². The molecule has 19 heavy (non-hydrogen) atoms. The van der Waals surface area contributed by atoms with Crippen molar-refractivity contribution >= 4 is 22.6 Å². The molecule has 0 spiro atoms. The topological polar surface area (TPSA) is 18.5 Å². The largest absolute Gasteiger partial charge is 0.493 e. The molecule has 0 aliphatic carbocycles. The second-order valence-corrected chi connectivity index (χ2v) is 5.50. The van der Waals surface area contributed by atoms with Crippen LogP contribution in [0, 0.1) is 3.57 Å². The first-order chi connectivity index (χ1) is 9.22. The number of methoxy groups -OCH3 is 1. The molecule has 3 heteroatoms. The highest BCUT2D eigenvalue weighted by molar-refractivity contribution is 14.1. The normalized spacial score (nSPS) is 10.3. The van der Waals surface area contributed by atoms with Gasteiger partial charge in [0.05, 0.1) is 7.11 Å². The molecule has 0 saturated carbocycles. The first kappa shape index (κ1) is 14.2. The Morgan fingerprint density at radius 3 is 2.26 bits per heavy atom. The van der Waals surface area contributed by atoms with Gasteiger partial charge < -0.3 is 9.47 Å². The van der Waals surface area contributed by atoms with Crippen molar-refractivity contribution in [2.24, 2.45) is 0 Å². The van der Waals surface area contributed by atoms with E-state index in [9.17, 15) is 0 Å². The SMILES string of the molecule is CCc1ccc(COc2ccc(I)cc2OC)cc1. The van der Waals surface area contributed by atoms with Crippen molar-refractivity contribution in [3.63, 3.8) is 0 Å². The Bertz CT molecular complexity index is 535. The van der Waals surface area contributed by atoms with Gasteiger partial charge in [0, 0.05) is 3.57 Å². The fourth-order valence-electron chi connectivity index (χ4n) is 1.79. The first-order valence-corrected chi connectivity index (χ1v) is 7.35. The first-order valence-electron chi connectivity index (χ1n) is 6.27. The van der Waals surface area contributed by atoms with Gasteiger partial charge in [-0.05, 0) is 58.3 Å². The zero-order chi connectivity index (χ0) is 13.7. The van der Waals surface area contributed by atoms with Crippen molar-refractivity contribution in [1.82, 2.24) is 0 Å². The van der Waals surface area contributed by atoms with Crippen LogP contribution >= 0.6 is 22.6 Å². The average Bonchev–Trinajstić information content (AvgIpc) is 2.46. The van der Waals surface area contributed by atoms with E-state index in [0.29, 0.717) is 6.61 Å². The summed E-state index contributed by atoms with van der Waals surface area (Å²) in [4.78, 5) is 0. The Kier molecular flexibility index (Phi) is 5.07. The van der Waals surface area contributed by atoms with Crippen LogP contribution in [0.4, 0.5) is 0 Å². The van der Waals surface area contributed by atoms with Crippen LogP contribution in [0.5, 0.6) is 11.5 Å². The van der Waals surface area contributed by atoms with Gasteiger partial charge in [-0.15, -0.1) is 0 Å². The number of hydrogen-bond donors (Lipinski definition) is 0. The van der Waals surface area contributed by atoms with Crippen LogP contribution in [0.1, 0.15) is 18.1 Å². The van der Waals surface area contributed by atoms with Crippen LogP contribution in [0.15, 0.2) is 42.5 Å². The molecule has 2 nitrogen and oxygen atoms in total. The van der Waals surface area contributed by atoms with E-state index in [1.54, 1.807) is 7.11 Å². The monoisotopic (exact) mass is 368 g/mol. The zero-order valence-electron chi connectivity index (χ0n) is 11.2. The molecule has 0 atom stereocenters. The molecule has 0 bridgehead atoms. The summed E-state index contributed by atoms with van der Waals surface area (Å²) >= 11 is 2.26. The fraction of sp³-hybridized carbons (Fsp3) is 0.250. The molecule has 2 rings (SSSR count). The Morgan fingerprint density at radius 1 is 0.947 bits per heavy atom. The van der Waals surface area contributed by atoms with Crippen LogP contribution in [-0.2, 0) is 13.0 Å². The Hall–Kier alpha value is -1.23. The van der Waals surface area contributed by atoms with Crippen LogP contribution in [0.3, 0.4) is 0 Å². The molecule has 0 aliphatic rings. The van der Waals surface area contributed by atoms with E-state index in [1.165, 1.54) is 5.56 Å². The molecule has 2 aromatic carbocycles. The molecule has 0 aromatic heterocycles. The summed E-state index contributed by atoms with van der Waals surface area (Å²) in [5.41, 5.74) is 2.51. The van der Waals surface area contributed by atoms with Crippen molar-refractivity contribution in [2.45, 2.75) is 20.0 Å². The second-order valence-electron chi connectivity index (χ2n) is 4.25. The van der Waals surface area contributed by atoms with E-state index < -0.39 is 0 Å². The van der Waals surface area contributed by atoms with Crippen LogP contribution in [-0.4, -0.2) is 7.11 Å².